The number of hydrogen-bond acceptors (Lipinski definition) is 2. The summed E-state index contributed by atoms with van der Waals surface area (Å²) in [6.45, 7) is 1.71. The summed E-state index contributed by atoms with van der Waals surface area (Å²) in [7, 11) is -4.58. The molecule has 3 rings (SSSR count). The third kappa shape index (κ3) is 3.57. The summed E-state index contributed by atoms with van der Waals surface area (Å²) >= 11 is 0. The Morgan fingerprint density at radius 1 is 0.963 bits per heavy atom. The summed E-state index contributed by atoms with van der Waals surface area (Å²) < 4.78 is 107. The topological polar surface area (TPSA) is 42.3 Å². The smallest absolute Gasteiger partial charge is 0.349 e. The van der Waals surface area contributed by atoms with Crippen LogP contribution < -0.4 is 0 Å². The van der Waals surface area contributed by atoms with E-state index in [-0.39, 0.29) is 31.3 Å². The van der Waals surface area contributed by atoms with Gasteiger partial charge < -0.3 is 4.57 Å². The highest BCUT2D eigenvalue weighted by molar-refractivity contribution is 7.89. The number of halogens is 6. The second-order valence-corrected chi connectivity index (χ2v) is 8.05. The molecule has 0 saturated heterocycles. The fourth-order valence-corrected chi connectivity index (χ4v) is 4.77. The number of nitrogens with zero attached hydrogens (tertiary/aromatic N) is 2. The van der Waals surface area contributed by atoms with Gasteiger partial charge in [0.2, 0.25) is 10.0 Å². The van der Waals surface area contributed by atoms with E-state index in [4.69, 9.17) is 0 Å². The molecule has 1 aliphatic rings. The molecule has 0 radical (unpaired) electrons. The zero-order valence-corrected chi connectivity index (χ0v) is 14.7. The van der Waals surface area contributed by atoms with Crippen LogP contribution >= 0.6 is 0 Å². The SMILES string of the molecule is CC1c2cccn2CCN1S(=O)(=O)c1cc(C(F)(F)F)cc(C(F)(F)F)c1. The second-order valence-electron chi connectivity index (χ2n) is 6.16. The van der Waals surface area contributed by atoms with Gasteiger partial charge in [-0.25, -0.2) is 8.42 Å². The molecule has 0 amide bonds. The van der Waals surface area contributed by atoms with Crippen molar-refractivity contribution in [2.45, 2.75) is 36.8 Å². The zero-order chi connectivity index (χ0) is 20.2. The van der Waals surface area contributed by atoms with Crippen LogP contribution in [-0.4, -0.2) is 23.8 Å². The van der Waals surface area contributed by atoms with Crippen molar-refractivity contribution >= 4 is 10.0 Å². The Morgan fingerprint density at radius 3 is 2.04 bits per heavy atom. The molecule has 4 nitrogen and oxygen atoms in total. The quantitative estimate of drug-likeness (QED) is 0.691. The summed E-state index contributed by atoms with van der Waals surface area (Å²) in [4.78, 5) is -1.03. The maximum absolute atomic E-state index is 13.0. The van der Waals surface area contributed by atoms with E-state index in [1.54, 1.807) is 22.9 Å². The van der Waals surface area contributed by atoms with Gasteiger partial charge in [0.05, 0.1) is 22.1 Å². The molecule has 1 aromatic carbocycles. The summed E-state index contributed by atoms with van der Waals surface area (Å²) in [5, 5.41) is 0. The van der Waals surface area contributed by atoms with E-state index in [1.165, 1.54) is 6.92 Å². The third-order valence-corrected chi connectivity index (χ3v) is 6.40. The van der Waals surface area contributed by atoms with Crippen LogP contribution in [0.4, 0.5) is 26.3 Å². The normalized spacial score (nSPS) is 19.1. The van der Waals surface area contributed by atoms with Crippen LogP contribution in [0.5, 0.6) is 0 Å². The number of aromatic nitrogens is 1. The van der Waals surface area contributed by atoms with Gasteiger partial charge in [-0.1, -0.05) is 0 Å². The number of rotatable bonds is 2. The van der Waals surface area contributed by atoms with Gasteiger partial charge in [-0.05, 0) is 37.3 Å². The molecule has 27 heavy (non-hydrogen) atoms. The highest BCUT2D eigenvalue weighted by Crippen LogP contribution is 2.39. The molecule has 0 aliphatic carbocycles. The molecule has 1 atom stereocenters. The molecule has 1 aliphatic heterocycles. The molecule has 11 heteroatoms. The monoisotopic (exact) mass is 412 g/mol. The first-order chi connectivity index (χ1) is 12.3. The lowest BCUT2D eigenvalue weighted by atomic mass is 10.1. The van der Waals surface area contributed by atoms with Crippen LogP contribution in [0.2, 0.25) is 0 Å². The standard InChI is InChI=1S/C16H14F6N2O2S/c1-10-14-3-2-4-23(14)5-6-24(10)27(25,26)13-8-11(15(17,18)19)7-12(9-13)16(20,21)22/h2-4,7-10H,5-6H2,1H3. The first kappa shape index (κ1) is 19.7. The van der Waals surface area contributed by atoms with Crippen molar-refractivity contribution in [2.24, 2.45) is 0 Å². The van der Waals surface area contributed by atoms with E-state index in [0.717, 1.165) is 4.31 Å². The first-order valence-electron chi connectivity index (χ1n) is 7.78. The summed E-state index contributed by atoms with van der Waals surface area (Å²) in [6, 6.07) is 3.00. The lowest BCUT2D eigenvalue weighted by Gasteiger charge is -2.34. The molecule has 0 bridgehead atoms. The lowest BCUT2D eigenvalue weighted by molar-refractivity contribution is -0.143. The zero-order valence-electron chi connectivity index (χ0n) is 13.8. The largest absolute Gasteiger partial charge is 0.416 e. The van der Waals surface area contributed by atoms with Crippen LogP contribution in [0.3, 0.4) is 0 Å². The Hall–Kier alpha value is -2.01. The van der Waals surface area contributed by atoms with Crippen molar-refractivity contribution in [3.63, 3.8) is 0 Å². The molecule has 0 spiro atoms. The lowest BCUT2D eigenvalue weighted by Crippen LogP contribution is -2.40. The predicted octanol–water partition coefficient (Wildman–Crippen LogP) is 4.29. The highest BCUT2D eigenvalue weighted by Gasteiger charge is 2.40. The van der Waals surface area contributed by atoms with Crippen molar-refractivity contribution in [1.29, 1.82) is 0 Å². The van der Waals surface area contributed by atoms with Crippen molar-refractivity contribution in [3.8, 4) is 0 Å². The third-order valence-electron chi connectivity index (χ3n) is 4.45. The number of hydrogen-bond donors (Lipinski definition) is 0. The van der Waals surface area contributed by atoms with Crippen LogP contribution in [0.25, 0.3) is 0 Å². The number of benzene rings is 1. The fraction of sp³-hybridized carbons (Fsp3) is 0.375. The molecular formula is C16H14F6N2O2S. The molecule has 1 aromatic heterocycles. The molecule has 0 fully saturated rings. The molecule has 2 aromatic rings. The van der Waals surface area contributed by atoms with Gasteiger partial charge in [0, 0.05) is 25.0 Å². The predicted molar refractivity (Wildman–Crippen MR) is 83.2 cm³/mol. The maximum atomic E-state index is 13.0. The molecule has 2 heterocycles. The van der Waals surface area contributed by atoms with Crippen LogP contribution in [-0.2, 0) is 28.9 Å². The van der Waals surface area contributed by atoms with E-state index in [9.17, 15) is 34.8 Å². The minimum Gasteiger partial charge on any atom is -0.349 e. The first-order valence-corrected chi connectivity index (χ1v) is 9.22. The van der Waals surface area contributed by atoms with Crippen LogP contribution in [0.1, 0.15) is 29.8 Å². The van der Waals surface area contributed by atoms with Gasteiger partial charge in [-0.15, -0.1) is 0 Å². The van der Waals surface area contributed by atoms with E-state index in [0.29, 0.717) is 5.69 Å². The molecule has 0 saturated carbocycles. The summed E-state index contributed by atoms with van der Waals surface area (Å²) in [6.07, 6.45) is -8.51. The van der Waals surface area contributed by atoms with Gasteiger partial charge in [-0.2, -0.15) is 30.6 Å². The van der Waals surface area contributed by atoms with Crippen molar-refractivity contribution in [2.75, 3.05) is 6.54 Å². The number of alkyl halides is 6. The van der Waals surface area contributed by atoms with Crippen molar-refractivity contribution < 1.29 is 34.8 Å². The number of sulfonamides is 1. The van der Waals surface area contributed by atoms with Gasteiger partial charge in [0.1, 0.15) is 0 Å². The number of fused-ring (bicyclic) bond motifs is 1. The minimum atomic E-state index is -5.12. The maximum Gasteiger partial charge on any atom is 0.416 e. The minimum absolute atomic E-state index is 0.0667. The Labute approximate surface area is 151 Å². The summed E-state index contributed by atoms with van der Waals surface area (Å²) in [5.41, 5.74) is -2.72. The average Bonchev–Trinajstić information content (AvgIpc) is 3.02. The van der Waals surface area contributed by atoms with Gasteiger partial charge in [0.25, 0.3) is 0 Å². The summed E-state index contributed by atoms with van der Waals surface area (Å²) in [5.74, 6) is 0. The highest BCUT2D eigenvalue weighted by atomic mass is 32.2. The molecule has 0 N–H and O–H groups in total. The van der Waals surface area contributed by atoms with Crippen LogP contribution in [0.15, 0.2) is 41.4 Å². The van der Waals surface area contributed by atoms with Gasteiger partial charge >= 0.3 is 12.4 Å². The van der Waals surface area contributed by atoms with E-state index >= 15 is 0 Å². The molecule has 1 unspecified atom stereocenters. The van der Waals surface area contributed by atoms with Crippen molar-refractivity contribution in [3.05, 3.63) is 53.3 Å². The Morgan fingerprint density at radius 2 is 1.52 bits per heavy atom. The Bertz CT molecular complexity index is 930. The molecule has 148 valence electrons. The Balaban J connectivity index is 2.12. The second kappa shape index (κ2) is 6.26. The fourth-order valence-electron chi connectivity index (χ4n) is 3.10. The van der Waals surface area contributed by atoms with E-state index < -0.39 is 44.4 Å². The van der Waals surface area contributed by atoms with E-state index in [1.807, 2.05) is 0 Å². The van der Waals surface area contributed by atoms with Gasteiger partial charge in [-0.3, -0.25) is 0 Å². The average molecular weight is 412 g/mol. The Kier molecular flexibility index (Phi) is 4.58. The van der Waals surface area contributed by atoms with Crippen LogP contribution in [0, 0.1) is 0 Å². The van der Waals surface area contributed by atoms with Crippen molar-refractivity contribution in [1.82, 2.24) is 8.87 Å². The van der Waals surface area contributed by atoms with Gasteiger partial charge in [0.15, 0.2) is 0 Å². The molecular weight excluding hydrogens is 398 g/mol. The van der Waals surface area contributed by atoms with E-state index in [2.05, 4.69) is 0 Å².